The van der Waals surface area contributed by atoms with Crippen LogP contribution in [0.2, 0.25) is 0 Å². The molecule has 6 nitrogen and oxygen atoms in total. The van der Waals surface area contributed by atoms with Gasteiger partial charge in [-0.05, 0) is 59.7 Å². The van der Waals surface area contributed by atoms with Gasteiger partial charge in [-0.1, -0.05) is 48.5 Å². The van der Waals surface area contributed by atoms with Gasteiger partial charge < -0.3 is 4.57 Å². The fraction of sp³-hybridized carbons (Fsp3) is 0.0385. The van der Waals surface area contributed by atoms with Crippen molar-refractivity contribution in [3.63, 3.8) is 0 Å². The first kappa shape index (κ1) is 19.5. The first-order valence-electron chi connectivity index (χ1n) is 10.2. The third-order valence-electron chi connectivity index (χ3n) is 5.54. The van der Waals surface area contributed by atoms with Crippen molar-refractivity contribution < 1.29 is 14.4 Å². The first-order chi connectivity index (χ1) is 15.5. The second kappa shape index (κ2) is 7.67. The van der Waals surface area contributed by atoms with Crippen molar-refractivity contribution in [1.82, 2.24) is 9.88 Å². The molecule has 0 spiro atoms. The third kappa shape index (κ3) is 3.28. The number of hydrogen-bond donors (Lipinski definition) is 1. The van der Waals surface area contributed by atoms with Gasteiger partial charge in [-0.25, -0.2) is 9.69 Å². The minimum Gasteiger partial charge on any atom is -0.317 e. The van der Waals surface area contributed by atoms with Crippen LogP contribution in [0.15, 0.2) is 90.6 Å². The fourth-order valence-electron chi connectivity index (χ4n) is 3.91. The summed E-state index contributed by atoms with van der Waals surface area (Å²) in [5.74, 6) is -1.37. The van der Waals surface area contributed by atoms with Crippen LogP contribution in [-0.4, -0.2) is 22.4 Å². The summed E-state index contributed by atoms with van der Waals surface area (Å²) in [6.45, 7) is 1.81. The number of barbiturate groups is 1. The summed E-state index contributed by atoms with van der Waals surface area (Å²) in [4.78, 5) is 39.3. The summed E-state index contributed by atoms with van der Waals surface area (Å²) >= 11 is 0. The van der Waals surface area contributed by atoms with Crippen LogP contribution in [0.5, 0.6) is 0 Å². The number of fused-ring (bicyclic) bond motifs is 1. The second-order valence-electron chi connectivity index (χ2n) is 7.58. The molecule has 4 amide bonds. The molecule has 1 aliphatic heterocycles. The highest BCUT2D eigenvalue weighted by atomic mass is 16.2. The zero-order valence-electron chi connectivity index (χ0n) is 17.3. The van der Waals surface area contributed by atoms with Crippen molar-refractivity contribution in [2.24, 2.45) is 0 Å². The van der Waals surface area contributed by atoms with E-state index in [0.29, 0.717) is 11.4 Å². The Morgan fingerprint density at radius 3 is 2.38 bits per heavy atom. The number of aromatic nitrogens is 1. The molecule has 1 N–H and O–H groups in total. The van der Waals surface area contributed by atoms with Gasteiger partial charge in [0.25, 0.3) is 11.8 Å². The Bertz CT molecular complexity index is 1430. The van der Waals surface area contributed by atoms with E-state index in [1.54, 1.807) is 25.1 Å². The van der Waals surface area contributed by atoms with Crippen LogP contribution in [-0.2, 0) is 9.59 Å². The lowest BCUT2D eigenvalue weighted by atomic mass is 10.1. The average molecular weight is 421 g/mol. The van der Waals surface area contributed by atoms with Crippen molar-refractivity contribution in [1.29, 1.82) is 0 Å². The van der Waals surface area contributed by atoms with Crippen molar-refractivity contribution in [3.05, 3.63) is 102 Å². The minimum absolute atomic E-state index is 0.103. The quantitative estimate of drug-likeness (QED) is 0.388. The Balaban J connectivity index is 1.57. The standard InChI is InChI=1S/C26H19N3O3/c1-17-7-2-5-11-23(17)29-25(31)22(24(30)27-26(29)32)16-20-10-6-14-28(20)21-13-12-18-8-3-4-9-19(18)15-21/h2-16H,1H3,(H,27,30,32). The smallest absolute Gasteiger partial charge is 0.317 e. The summed E-state index contributed by atoms with van der Waals surface area (Å²) in [5, 5.41) is 4.49. The number of aryl methyl sites for hydroxylation is 1. The van der Waals surface area contributed by atoms with Gasteiger partial charge >= 0.3 is 6.03 Å². The molecular formula is C26H19N3O3. The summed E-state index contributed by atoms with van der Waals surface area (Å²) in [6.07, 6.45) is 3.39. The van der Waals surface area contributed by atoms with E-state index in [1.807, 2.05) is 71.4 Å². The number of carbonyl (C=O) groups is 3. The SMILES string of the molecule is Cc1ccccc1N1C(=O)NC(=O)C(=Cc2cccn2-c2ccc3ccccc3c2)C1=O. The van der Waals surface area contributed by atoms with Gasteiger partial charge in [0, 0.05) is 17.6 Å². The summed E-state index contributed by atoms with van der Waals surface area (Å²) in [5.41, 5.74) is 2.64. The maximum Gasteiger partial charge on any atom is 0.335 e. The Hall–Kier alpha value is -4.45. The number of imide groups is 2. The van der Waals surface area contributed by atoms with Gasteiger partial charge in [-0.3, -0.25) is 14.9 Å². The van der Waals surface area contributed by atoms with Gasteiger partial charge in [0.05, 0.1) is 5.69 Å². The summed E-state index contributed by atoms with van der Waals surface area (Å²) < 4.78 is 1.90. The molecule has 3 aromatic carbocycles. The number of nitrogens with zero attached hydrogens (tertiary/aromatic N) is 2. The lowest BCUT2D eigenvalue weighted by Crippen LogP contribution is -2.54. The largest absolute Gasteiger partial charge is 0.335 e. The molecule has 32 heavy (non-hydrogen) atoms. The molecule has 0 radical (unpaired) electrons. The molecule has 0 aliphatic carbocycles. The van der Waals surface area contributed by atoms with Crippen molar-refractivity contribution in [2.75, 3.05) is 4.90 Å². The summed E-state index contributed by atoms with van der Waals surface area (Å²) in [7, 11) is 0. The number of para-hydroxylation sites is 1. The lowest BCUT2D eigenvalue weighted by Gasteiger charge is -2.27. The zero-order chi connectivity index (χ0) is 22.2. The van der Waals surface area contributed by atoms with E-state index in [2.05, 4.69) is 5.32 Å². The molecule has 0 unspecified atom stereocenters. The Labute approximate surface area is 184 Å². The molecular weight excluding hydrogens is 402 g/mol. The van der Waals surface area contributed by atoms with Gasteiger partial charge in [0.1, 0.15) is 5.57 Å². The molecule has 1 aliphatic rings. The molecule has 1 saturated heterocycles. The van der Waals surface area contributed by atoms with Crippen LogP contribution < -0.4 is 10.2 Å². The number of nitrogens with one attached hydrogen (secondary N) is 1. The van der Waals surface area contributed by atoms with Crippen molar-refractivity contribution in [2.45, 2.75) is 6.92 Å². The van der Waals surface area contributed by atoms with E-state index < -0.39 is 17.8 Å². The minimum atomic E-state index is -0.753. The maximum absolute atomic E-state index is 13.2. The van der Waals surface area contributed by atoms with E-state index in [-0.39, 0.29) is 5.57 Å². The number of urea groups is 1. The van der Waals surface area contributed by atoms with Crippen LogP contribution in [0.1, 0.15) is 11.3 Å². The lowest BCUT2D eigenvalue weighted by molar-refractivity contribution is -0.122. The predicted octanol–water partition coefficient (Wildman–Crippen LogP) is 4.61. The van der Waals surface area contributed by atoms with Crippen LogP contribution in [0.4, 0.5) is 10.5 Å². The van der Waals surface area contributed by atoms with Crippen LogP contribution in [0.25, 0.3) is 22.5 Å². The van der Waals surface area contributed by atoms with Crippen molar-refractivity contribution in [3.8, 4) is 5.69 Å². The fourth-order valence-corrected chi connectivity index (χ4v) is 3.91. The van der Waals surface area contributed by atoms with Gasteiger partial charge in [-0.15, -0.1) is 0 Å². The topological polar surface area (TPSA) is 71.4 Å². The molecule has 6 heteroatoms. The third-order valence-corrected chi connectivity index (χ3v) is 5.54. The van der Waals surface area contributed by atoms with Crippen LogP contribution >= 0.6 is 0 Å². The van der Waals surface area contributed by atoms with Gasteiger partial charge in [-0.2, -0.15) is 0 Å². The highest BCUT2D eigenvalue weighted by molar-refractivity contribution is 6.39. The molecule has 0 saturated carbocycles. The molecule has 4 aromatic rings. The van der Waals surface area contributed by atoms with E-state index in [1.165, 1.54) is 6.08 Å². The Kier molecular flexibility index (Phi) is 4.67. The van der Waals surface area contributed by atoms with Crippen LogP contribution in [0.3, 0.4) is 0 Å². The van der Waals surface area contributed by atoms with E-state index in [4.69, 9.17) is 0 Å². The zero-order valence-corrected chi connectivity index (χ0v) is 17.3. The molecule has 5 rings (SSSR count). The number of rotatable bonds is 3. The number of amides is 4. The van der Waals surface area contributed by atoms with Gasteiger partial charge in [0.2, 0.25) is 0 Å². The van der Waals surface area contributed by atoms with Crippen molar-refractivity contribution >= 4 is 40.4 Å². The second-order valence-corrected chi connectivity index (χ2v) is 7.58. The number of anilines is 1. The highest BCUT2D eigenvalue weighted by Crippen LogP contribution is 2.26. The monoisotopic (exact) mass is 421 g/mol. The van der Waals surface area contributed by atoms with E-state index >= 15 is 0 Å². The highest BCUT2D eigenvalue weighted by Gasteiger charge is 2.37. The van der Waals surface area contributed by atoms with E-state index in [0.717, 1.165) is 26.9 Å². The molecule has 156 valence electrons. The normalized spacial score (nSPS) is 15.5. The first-order valence-corrected chi connectivity index (χ1v) is 10.2. The van der Waals surface area contributed by atoms with Crippen LogP contribution in [0, 0.1) is 6.92 Å². The van der Waals surface area contributed by atoms with E-state index in [9.17, 15) is 14.4 Å². The Morgan fingerprint density at radius 1 is 0.812 bits per heavy atom. The number of benzene rings is 3. The molecule has 2 heterocycles. The molecule has 0 bridgehead atoms. The Morgan fingerprint density at radius 2 is 1.56 bits per heavy atom. The summed E-state index contributed by atoms with van der Waals surface area (Å²) in [6, 6.07) is 24.1. The number of carbonyl (C=O) groups excluding carboxylic acids is 3. The van der Waals surface area contributed by atoms with Gasteiger partial charge in [0.15, 0.2) is 0 Å². The molecule has 1 aromatic heterocycles. The predicted molar refractivity (Wildman–Crippen MR) is 123 cm³/mol. The number of hydrogen-bond acceptors (Lipinski definition) is 3. The molecule has 0 atom stereocenters. The average Bonchev–Trinajstić information content (AvgIpc) is 3.26. The molecule has 1 fully saturated rings. The maximum atomic E-state index is 13.2.